The van der Waals surface area contributed by atoms with Crippen molar-refractivity contribution in [3.63, 3.8) is 0 Å². The minimum Gasteiger partial charge on any atom is -0.322 e. The topological polar surface area (TPSA) is 49.4 Å². The summed E-state index contributed by atoms with van der Waals surface area (Å²) in [6.07, 6.45) is 1.98. The Bertz CT molecular complexity index is 1030. The molecule has 1 aliphatic heterocycles. The lowest BCUT2D eigenvalue weighted by molar-refractivity contribution is -0.115. The normalized spacial score (nSPS) is 16.0. The molecule has 4 nitrogen and oxygen atoms in total. The van der Waals surface area contributed by atoms with Crippen molar-refractivity contribution in [2.24, 2.45) is 0 Å². The molecule has 0 unspecified atom stereocenters. The van der Waals surface area contributed by atoms with Crippen LogP contribution in [-0.2, 0) is 11.2 Å². The largest absolute Gasteiger partial charge is 0.322 e. The maximum atomic E-state index is 12.7. The fourth-order valence-electron chi connectivity index (χ4n) is 3.68. The average molecular weight is 417 g/mol. The lowest BCUT2D eigenvalue weighted by Crippen LogP contribution is -2.28. The zero-order valence-electron chi connectivity index (χ0n) is 16.9. The summed E-state index contributed by atoms with van der Waals surface area (Å²) in [7, 11) is 0. The summed E-state index contributed by atoms with van der Waals surface area (Å²) in [5.74, 6) is 0.469. The number of rotatable bonds is 6. The van der Waals surface area contributed by atoms with E-state index in [2.05, 4.69) is 18.3 Å². The minimum atomic E-state index is -0.135. The zero-order valence-corrected chi connectivity index (χ0v) is 17.7. The van der Waals surface area contributed by atoms with Crippen molar-refractivity contribution in [2.45, 2.75) is 25.1 Å². The highest BCUT2D eigenvalue weighted by atomic mass is 32.2. The fourth-order valence-corrected chi connectivity index (χ4v) is 4.85. The molecule has 3 aromatic rings. The second kappa shape index (κ2) is 9.18. The first-order valence-electron chi connectivity index (χ1n) is 10.2. The van der Waals surface area contributed by atoms with Crippen LogP contribution in [0.15, 0.2) is 78.9 Å². The highest BCUT2D eigenvalue weighted by Gasteiger charge is 2.34. The highest BCUT2D eigenvalue weighted by Crippen LogP contribution is 2.43. The van der Waals surface area contributed by atoms with Gasteiger partial charge in [0.1, 0.15) is 5.37 Å². The molecule has 1 N–H and O–H groups in total. The third-order valence-electron chi connectivity index (χ3n) is 5.13. The van der Waals surface area contributed by atoms with Gasteiger partial charge in [0.2, 0.25) is 5.91 Å². The van der Waals surface area contributed by atoms with Gasteiger partial charge < -0.3 is 5.32 Å². The van der Waals surface area contributed by atoms with Gasteiger partial charge >= 0.3 is 0 Å². The molecule has 1 atom stereocenters. The van der Waals surface area contributed by atoms with Crippen molar-refractivity contribution in [3.8, 4) is 0 Å². The van der Waals surface area contributed by atoms with E-state index in [0.29, 0.717) is 11.3 Å². The zero-order chi connectivity index (χ0) is 20.9. The standard InChI is InChI=1S/C25H24N2O2S/c1-2-8-18-9-6-7-12-22(18)27-23(28)17-30-25(27)20-13-15-21(16-14-20)26-24(29)19-10-4-3-5-11-19/h3-7,9-16,25H,2,8,17H2,1H3,(H,26,29)/t25-/m0/s1. The number of para-hydroxylation sites is 1. The van der Waals surface area contributed by atoms with Crippen LogP contribution in [-0.4, -0.2) is 17.6 Å². The van der Waals surface area contributed by atoms with Crippen LogP contribution in [0, 0.1) is 0 Å². The Hall–Kier alpha value is -3.05. The molecule has 0 radical (unpaired) electrons. The molecule has 0 aliphatic carbocycles. The summed E-state index contributed by atoms with van der Waals surface area (Å²) < 4.78 is 0. The van der Waals surface area contributed by atoms with Gasteiger partial charge in [0, 0.05) is 16.9 Å². The molecule has 0 spiro atoms. The van der Waals surface area contributed by atoms with Gasteiger partial charge in [0.25, 0.3) is 5.91 Å². The summed E-state index contributed by atoms with van der Waals surface area (Å²) in [4.78, 5) is 27.0. The van der Waals surface area contributed by atoms with E-state index in [0.717, 1.165) is 29.8 Å². The van der Waals surface area contributed by atoms with E-state index >= 15 is 0 Å². The Labute approximate surface area is 181 Å². The van der Waals surface area contributed by atoms with E-state index in [-0.39, 0.29) is 17.2 Å². The minimum absolute atomic E-state index is 0.0608. The van der Waals surface area contributed by atoms with Crippen LogP contribution in [0.5, 0.6) is 0 Å². The number of nitrogens with one attached hydrogen (secondary N) is 1. The van der Waals surface area contributed by atoms with Gasteiger partial charge in [0.05, 0.1) is 5.75 Å². The van der Waals surface area contributed by atoms with Crippen LogP contribution in [0.1, 0.15) is 40.2 Å². The van der Waals surface area contributed by atoms with Crippen LogP contribution < -0.4 is 10.2 Å². The third kappa shape index (κ3) is 4.26. The predicted octanol–water partition coefficient (Wildman–Crippen LogP) is 5.67. The molecule has 0 aromatic heterocycles. The number of hydrogen-bond donors (Lipinski definition) is 1. The lowest BCUT2D eigenvalue weighted by atomic mass is 10.1. The van der Waals surface area contributed by atoms with E-state index in [1.54, 1.807) is 23.9 Å². The summed E-state index contributed by atoms with van der Waals surface area (Å²) in [5.41, 5.74) is 4.61. The SMILES string of the molecule is CCCc1ccccc1N1C(=O)CS[C@H]1c1ccc(NC(=O)c2ccccc2)cc1. The van der Waals surface area contributed by atoms with Crippen LogP contribution >= 0.6 is 11.8 Å². The van der Waals surface area contributed by atoms with Gasteiger partial charge in [-0.3, -0.25) is 14.5 Å². The number of anilines is 2. The summed E-state index contributed by atoms with van der Waals surface area (Å²) in [6.45, 7) is 2.15. The Morgan fingerprint density at radius 1 is 1.00 bits per heavy atom. The summed E-state index contributed by atoms with van der Waals surface area (Å²) >= 11 is 1.64. The van der Waals surface area contributed by atoms with Gasteiger partial charge in [-0.15, -0.1) is 11.8 Å². The van der Waals surface area contributed by atoms with Crippen molar-refractivity contribution in [3.05, 3.63) is 95.6 Å². The van der Waals surface area contributed by atoms with Crippen LogP contribution in [0.4, 0.5) is 11.4 Å². The van der Waals surface area contributed by atoms with Gasteiger partial charge in [0.15, 0.2) is 0 Å². The molecule has 30 heavy (non-hydrogen) atoms. The second-order valence-corrected chi connectivity index (χ2v) is 8.32. The summed E-state index contributed by atoms with van der Waals surface area (Å²) in [6, 6.07) is 25.1. The van der Waals surface area contributed by atoms with Crippen LogP contribution in [0.25, 0.3) is 0 Å². The van der Waals surface area contributed by atoms with Crippen LogP contribution in [0.3, 0.4) is 0 Å². The number of hydrogen-bond acceptors (Lipinski definition) is 3. The molecule has 152 valence electrons. The lowest BCUT2D eigenvalue weighted by Gasteiger charge is -2.26. The number of thioether (sulfide) groups is 1. The molecule has 0 saturated carbocycles. The number of carbonyl (C=O) groups excluding carboxylic acids is 2. The maximum absolute atomic E-state index is 12.7. The number of carbonyl (C=O) groups is 2. The van der Waals surface area contributed by atoms with Crippen molar-refractivity contribution in [2.75, 3.05) is 16.0 Å². The number of benzene rings is 3. The third-order valence-corrected chi connectivity index (χ3v) is 6.34. The molecule has 3 aromatic carbocycles. The van der Waals surface area contributed by atoms with Crippen molar-refractivity contribution < 1.29 is 9.59 Å². The Balaban J connectivity index is 1.55. The van der Waals surface area contributed by atoms with Crippen molar-refractivity contribution in [1.29, 1.82) is 0 Å². The first-order valence-corrected chi connectivity index (χ1v) is 11.2. The number of amides is 2. The van der Waals surface area contributed by atoms with Gasteiger partial charge in [-0.2, -0.15) is 0 Å². The Morgan fingerprint density at radius 3 is 2.43 bits per heavy atom. The average Bonchev–Trinajstić information content (AvgIpc) is 3.17. The highest BCUT2D eigenvalue weighted by molar-refractivity contribution is 8.00. The quantitative estimate of drug-likeness (QED) is 0.563. The second-order valence-electron chi connectivity index (χ2n) is 7.25. The molecule has 5 heteroatoms. The molecular weight excluding hydrogens is 392 g/mol. The van der Waals surface area contributed by atoms with Gasteiger partial charge in [-0.25, -0.2) is 0 Å². The fraction of sp³-hybridized carbons (Fsp3) is 0.200. The van der Waals surface area contributed by atoms with E-state index in [9.17, 15) is 9.59 Å². The number of nitrogens with zero attached hydrogens (tertiary/aromatic N) is 1. The molecule has 1 fully saturated rings. The molecule has 4 rings (SSSR count). The maximum Gasteiger partial charge on any atom is 0.255 e. The van der Waals surface area contributed by atoms with E-state index in [1.807, 2.05) is 65.6 Å². The molecular formula is C25H24N2O2S. The molecule has 1 saturated heterocycles. The first kappa shape index (κ1) is 20.2. The summed E-state index contributed by atoms with van der Waals surface area (Å²) in [5, 5.41) is 2.87. The first-order chi connectivity index (χ1) is 14.7. The van der Waals surface area contributed by atoms with Gasteiger partial charge in [-0.05, 0) is 47.9 Å². The Morgan fingerprint density at radius 2 is 1.70 bits per heavy atom. The van der Waals surface area contributed by atoms with E-state index < -0.39 is 0 Å². The van der Waals surface area contributed by atoms with Gasteiger partial charge in [-0.1, -0.05) is 61.9 Å². The molecule has 0 bridgehead atoms. The van der Waals surface area contributed by atoms with E-state index in [4.69, 9.17) is 0 Å². The van der Waals surface area contributed by atoms with Crippen molar-refractivity contribution >= 4 is 35.0 Å². The van der Waals surface area contributed by atoms with Crippen LogP contribution in [0.2, 0.25) is 0 Å². The molecule has 1 aliphatic rings. The molecule has 2 amide bonds. The van der Waals surface area contributed by atoms with E-state index in [1.165, 1.54) is 5.56 Å². The monoisotopic (exact) mass is 416 g/mol. The number of aryl methyl sites for hydroxylation is 1. The van der Waals surface area contributed by atoms with Crippen molar-refractivity contribution in [1.82, 2.24) is 0 Å². The smallest absolute Gasteiger partial charge is 0.255 e. The molecule has 1 heterocycles. The predicted molar refractivity (Wildman–Crippen MR) is 124 cm³/mol. The Kier molecular flexibility index (Phi) is 6.19.